The summed E-state index contributed by atoms with van der Waals surface area (Å²) in [5.74, 6) is -1.26. The molecule has 0 aliphatic carbocycles. The molecule has 0 saturated carbocycles. The van der Waals surface area contributed by atoms with Gasteiger partial charge in [0.15, 0.2) is 11.5 Å². The van der Waals surface area contributed by atoms with Crippen molar-refractivity contribution >= 4 is 11.9 Å². The summed E-state index contributed by atoms with van der Waals surface area (Å²) in [7, 11) is 4.97. The molecule has 0 saturated heterocycles. The van der Waals surface area contributed by atoms with Gasteiger partial charge in [0.25, 0.3) is 0 Å². The van der Waals surface area contributed by atoms with Crippen molar-refractivity contribution in [3.05, 3.63) is 53.6 Å². The van der Waals surface area contributed by atoms with E-state index in [9.17, 15) is 0 Å². The molecule has 27 heavy (non-hydrogen) atoms. The fraction of sp³-hybridized carbons (Fsp3) is 0.263. The van der Waals surface area contributed by atoms with E-state index in [0.29, 0.717) is 0 Å². The predicted octanol–water partition coefficient (Wildman–Crippen LogP) is 2.16. The van der Waals surface area contributed by atoms with Gasteiger partial charge in [0.2, 0.25) is 0 Å². The molecule has 2 aromatic carbocycles. The molecule has 0 aromatic heterocycles. The SMILES string of the molecule is COc1ccccc1CNCc1ccc(OC)c(OC)c1.O=C(O)C(=O)O. The Hall–Kier alpha value is -3.26. The second kappa shape index (κ2) is 11.4. The van der Waals surface area contributed by atoms with Crippen molar-refractivity contribution in [2.75, 3.05) is 21.3 Å². The Morgan fingerprint density at radius 1 is 0.815 bits per heavy atom. The van der Waals surface area contributed by atoms with Crippen LogP contribution < -0.4 is 19.5 Å². The van der Waals surface area contributed by atoms with Crippen LogP contribution in [0.1, 0.15) is 11.1 Å². The molecule has 8 heteroatoms. The van der Waals surface area contributed by atoms with Gasteiger partial charge >= 0.3 is 11.9 Å². The summed E-state index contributed by atoms with van der Waals surface area (Å²) in [4.78, 5) is 18.2. The minimum Gasteiger partial charge on any atom is -0.496 e. The average molecular weight is 377 g/mol. The van der Waals surface area contributed by atoms with Crippen molar-refractivity contribution in [3.63, 3.8) is 0 Å². The van der Waals surface area contributed by atoms with E-state index in [1.54, 1.807) is 21.3 Å². The molecule has 0 spiro atoms. The number of carboxylic acid groups (broad SMARTS) is 2. The van der Waals surface area contributed by atoms with Gasteiger partial charge in [0.05, 0.1) is 21.3 Å². The summed E-state index contributed by atoms with van der Waals surface area (Å²) in [6.07, 6.45) is 0. The van der Waals surface area contributed by atoms with Crippen LogP contribution in [-0.4, -0.2) is 43.5 Å². The van der Waals surface area contributed by atoms with Crippen LogP contribution in [0.3, 0.4) is 0 Å². The van der Waals surface area contributed by atoms with E-state index in [1.807, 2.05) is 36.4 Å². The summed E-state index contributed by atoms with van der Waals surface area (Å²) in [6.45, 7) is 1.50. The summed E-state index contributed by atoms with van der Waals surface area (Å²) in [5, 5.41) is 18.2. The Morgan fingerprint density at radius 2 is 1.41 bits per heavy atom. The zero-order valence-electron chi connectivity index (χ0n) is 15.4. The van der Waals surface area contributed by atoms with Crippen LogP contribution in [0.5, 0.6) is 17.2 Å². The molecule has 0 aliphatic heterocycles. The minimum absolute atomic E-state index is 0.742. The molecule has 0 fully saturated rings. The van der Waals surface area contributed by atoms with Gasteiger partial charge in [0.1, 0.15) is 5.75 Å². The molecular formula is C19H23NO7. The number of aliphatic carboxylic acids is 2. The lowest BCUT2D eigenvalue weighted by atomic mass is 10.1. The molecule has 8 nitrogen and oxygen atoms in total. The molecule has 0 heterocycles. The average Bonchev–Trinajstić information content (AvgIpc) is 2.68. The van der Waals surface area contributed by atoms with Crippen molar-refractivity contribution in [1.82, 2.24) is 5.32 Å². The molecule has 0 radical (unpaired) electrons. The molecular weight excluding hydrogens is 354 g/mol. The Labute approximate surface area is 157 Å². The van der Waals surface area contributed by atoms with Crippen LogP contribution in [0.4, 0.5) is 0 Å². The van der Waals surface area contributed by atoms with Gasteiger partial charge in [-0.1, -0.05) is 24.3 Å². The first kappa shape index (κ1) is 21.8. The topological polar surface area (TPSA) is 114 Å². The van der Waals surface area contributed by atoms with E-state index in [0.717, 1.165) is 41.5 Å². The summed E-state index contributed by atoms with van der Waals surface area (Å²) >= 11 is 0. The third kappa shape index (κ3) is 7.25. The molecule has 0 unspecified atom stereocenters. The van der Waals surface area contributed by atoms with Crippen LogP contribution in [0.15, 0.2) is 42.5 Å². The third-order valence-electron chi connectivity index (χ3n) is 3.47. The first-order chi connectivity index (χ1) is 12.9. The minimum atomic E-state index is -1.82. The normalized spacial score (nSPS) is 9.59. The fourth-order valence-corrected chi connectivity index (χ4v) is 2.18. The van der Waals surface area contributed by atoms with Crippen molar-refractivity contribution < 1.29 is 34.0 Å². The standard InChI is InChI=1S/C17H21NO3.C2H2O4/c1-19-15-7-5-4-6-14(15)12-18-11-13-8-9-16(20-2)17(10-13)21-3;3-1(4)2(5)6/h4-10,18H,11-12H2,1-3H3;(H,3,4)(H,5,6). The van der Waals surface area contributed by atoms with Gasteiger partial charge in [0, 0.05) is 18.7 Å². The first-order valence-electron chi connectivity index (χ1n) is 7.92. The van der Waals surface area contributed by atoms with Crippen LogP contribution in [0.2, 0.25) is 0 Å². The highest BCUT2D eigenvalue weighted by atomic mass is 16.5. The maximum Gasteiger partial charge on any atom is 0.414 e. The molecule has 3 N–H and O–H groups in total. The van der Waals surface area contributed by atoms with Crippen molar-refractivity contribution in [2.45, 2.75) is 13.1 Å². The van der Waals surface area contributed by atoms with E-state index in [1.165, 1.54) is 0 Å². The van der Waals surface area contributed by atoms with E-state index in [4.69, 9.17) is 34.0 Å². The predicted molar refractivity (Wildman–Crippen MR) is 98.4 cm³/mol. The lowest BCUT2D eigenvalue weighted by molar-refractivity contribution is -0.159. The maximum atomic E-state index is 9.10. The first-order valence-corrected chi connectivity index (χ1v) is 7.92. The molecule has 0 amide bonds. The number of ether oxygens (including phenoxy) is 3. The quantitative estimate of drug-likeness (QED) is 0.629. The van der Waals surface area contributed by atoms with Gasteiger partial charge < -0.3 is 29.7 Å². The largest absolute Gasteiger partial charge is 0.496 e. The van der Waals surface area contributed by atoms with Crippen LogP contribution in [-0.2, 0) is 22.7 Å². The highest BCUT2D eigenvalue weighted by Gasteiger charge is 2.05. The number of para-hydroxylation sites is 1. The summed E-state index contributed by atoms with van der Waals surface area (Å²) in [6, 6.07) is 13.9. The lowest BCUT2D eigenvalue weighted by Gasteiger charge is -2.11. The van der Waals surface area contributed by atoms with Gasteiger partial charge in [-0.25, -0.2) is 9.59 Å². The molecule has 146 valence electrons. The van der Waals surface area contributed by atoms with Crippen molar-refractivity contribution in [3.8, 4) is 17.2 Å². The summed E-state index contributed by atoms with van der Waals surface area (Å²) in [5.41, 5.74) is 2.28. The third-order valence-corrected chi connectivity index (χ3v) is 3.47. The second-order valence-electron chi connectivity index (χ2n) is 5.22. The maximum absolute atomic E-state index is 9.10. The van der Waals surface area contributed by atoms with E-state index in [-0.39, 0.29) is 0 Å². The Balaban J connectivity index is 0.000000527. The number of hydrogen-bond donors (Lipinski definition) is 3. The monoisotopic (exact) mass is 377 g/mol. The van der Waals surface area contributed by atoms with Crippen LogP contribution in [0.25, 0.3) is 0 Å². The molecule has 2 rings (SSSR count). The van der Waals surface area contributed by atoms with Crippen molar-refractivity contribution in [2.24, 2.45) is 0 Å². The molecule has 0 aliphatic rings. The zero-order chi connectivity index (χ0) is 20.2. The number of benzene rings is 2. The number of hydrogen-bond acceptors (Lipinski definition) is 6. The van der Waals surface area contributed by atoms with Gasteiger partial charge in [-0.3, -0.25) is 0 Å². The van der Waals surface area contributed by atoms with Gasteiger partial charge in [-0.2, -0.15) is 0 Å². The van der Waals surface area contributed by atoms with Crippen molar-refractivity contribution in [1.29, 1.82) is 0 Å². The second-order valence-corrected chi connectivity index (χ2v) is 5.22. The van der Waals surface area contributed by atoms with Gasteiger partial charge in [-0.05, 0) is 23.8 Å². The zero-order valence-corrected chi connectivity index (χ0v) is 15.4. The number of methoxy groups -OCH3 is 3. The highest BCUT2D eigenvalue weighted by Crippen LogP contribution is 2.27. The van der Waals surface area contributed by atoms with Crippen LogP contribution >= 0.6 is 0 Å². The Morgan fingerprint density at radius 3 is 1.96 bits per heavy atom. The number of carbonyl (C=O) groups is 2. The number of nitrogens with one attached hydrogen (secondary N) is 1. The number of rotatable bonds is 7. The summed E-state index contributed by atoms with van der Waals surface area (Å²) < 4.78 is 15.9. The highest BCUT2D eigenvalue weighted by molar-refractivity contribution is 6.27. The van der Waals surface area contributed by atoms with E-state index >= 15 is 0 Å². The van der Waals surface area contributed by atoms with E-state index < -0.39 is 11.9 Å². The smallest absolute Gasteiger partial charge is 0.414 e. The van der Waals surface area contributed by atoms with Gasteiger partial charge in [-0.15, -0.1) is 0 Å². The Bertz CT molecular complexity index is 749. The van der Waals surface area contributed by atoms with Crippen LogP contribution in [0, 0.1) is 0 Å². The Kier molecular flexibility index (Phi) is 9.18. The van der Waals surface area contributed by atoms with E-state index in [2.05, 4.69) is 11.4 Å². The molecule has 2 aromatic rings. The lowest BCUT2D eigenvalue weighted by Crippen LogP contribution is -2.13. The number of carboxylic acids is 2. The molecule has 0 bridgehead atoms. The fourth-order valence-electron chi connectivity index (χ4n) is 2.18. The molecule has 0 atom stereocenters.